The van der Waals surface area contributed by atoms with Crippen LogP contribution in [0.5, 0.6) is 0 Å². The lowest BCUT2D eigenvalue weighted by molar-refractivity contribution is -0.176. The molecule has 4 atom stereocenters. The van der Waals surface area contributed by atoms with Crippen molar-refractivity contribution in [2.24, 2.45) is 0 Å². The molecule has 3 rings (SSSR count). The van der Waals surface area contributed by atoms with Crippen molar-refractivity contribution in [1.29, 1.82) is 0 Å². The number of imidazole rings is 1. The molecule has 2 aromatic heterocycles. The Morgan fingerprint density at radius 3 is 2.07 bits per heavy atom. The van der Waals surface area contributed by atoms with Gasteiger partial charge in [-0.25, -0.2) is 15.0 Å². The highest BCUT2D eigenvalue weighted by Crippen LogP contribution is 2.46. The van der Waals surface area contributed by atoms with Gasteiger partial charge in [0.1, 0.15) is 24.1 Å². The first kappa shape index (κ1) is 32.8. The fraction of sp³-hybridized carbons (Fsp3) is 0.733. The van der Waals surface area contributed by atoms with Gasteiger partial charge in [0.2, 0.25) is 5.72 Å². The SMILES string of the molecule is CCCCCCCCCCCCCCCC(=O)[C@]1(n2cnc3c(N)ncnc32)C[C@@](O)(C(C)=O)[C@@H](C(O)C(C)=O)O1. The molecule has 1 aliphatic rings. The standard InChI is InChI=1S/C30H47N5O6/c1-4-5-6-7-8-9-10-11-12-13-14-15-16-17-23(38)30(35-20-34-24-27(31)32-19-33-28(24)35)18-29(40,22(3)37)26(41-30)25(39)21(2)36/h19-20,25-26,39-40H,4-18H2,1-3H3,(H2,31,32,33)/t25?,26-,29-,30+/m1/s1. The molecule has 2 aromatic rings. The minimum absolute atomic E-state index is 0.0907. The van der Waals surface area contributed by atoms with Crippen molar-refractivity contribution in [2.75, 3.05) is 5.73 Å². The van der Waals surface area contributed by atoms with E-state index in [0.29, 0.717) is 6.42 Å². The van der Waals surface area contributed by atoms with Crippen LogP contribution in [0.1, 0.15) is 117 Å². The summed E-state index contributed by atoms with van der Waals surface area (Å²) in [6.07, 6.45) is 13.8. The Bertz CT molecular complexity index is 1190. The van der Waals surface area contributed by atoms with E-state index in [4.69, 9.17) is 10.5 Å². The number of aliphatic hydroxyl groups is 2. The van der Waals surface area contributed by atoms with E-state index in [0.717, 1.165) is 33.1 Å². The molecule has 0 aromatic carbocycles. The molecule has 4 N–H and O–H groups in total. The van der Waals surface area contributed by atoms with Crippen LogP contribution in [-0.2, 0) is 24.8 Å². The lowest BCUT2D eigenvalue weighted by atomic mass is 9.83. The molecule has 0 radical (unpaired) electrons. The molecule has 11 heteroatoms. The highest BCUT2D eigenvalue weighted by Gasteiger charge is 2.64. The van der Waals surface area contributed by atoms with Crippen molar-refractivity contribution < 1.29 is 29.3 Å². The quantitative estimate of drug-likeness (QED) is 0.207. The highest BCUT2D eigenvalue weighted by atomic mass is 16.6. The Kier molecular flexibility index (Phi) is 11.9. The average Bonchev–Trinajstić information content (AvgIpc) is 3.52. The van der Waals surface area contributed by atoms with E-state index < -0.39 is 47.3 Å². The van der Waals surface area contributed by atoms with Crippen LogP contribution in [0.3, 0.4) is 0 Å². The van der Waals surface area contributed by atoms with Crippen molar-refractivity contribution in [3.05, 3.63) is 12.7 Å². The fourth-order valence-electron chi connectivity index (χ4n) is 5.74. The first-order valence-corrected chi connectivity index (χ1v) is 15.2. The van der Waals surface area contributed by atoms with Crippen molar-refractivity contribution in [3.8, 4) is 0 Å². The second-order valence-corrected chi connectivity index (χ2v) is 11.5. The molecular formula is C30H47N5O6. The van der Waals surface area contributed by atoms with Gasteiger partial charge in [0.05, 0.1) is 6.33 Å². The van der Waals surface area contributed by atoms with Crippen LogP contribution in [-0.4, -0.2) is 64.9 Å². The predicted octanol–water partition coefficient (Wildman–Crippen LogP) is 4.17. The van der Waals surface area contributed by atoms with Gasteiger partial charge in [-0.05, 0) is 20.3 Å². The number of unbranched alkanes of at least 4 members (excludes halogenated alkanes) is 12. The summed E-state index contributed by atoms with van der Waals surface area (Å²) in [5, 5.41) is 22.0. The van der Waals surface area contributed by atoms with Crippen LogP contribution in [0.25, 0.3) is 11.2 Å². The molecule has 1 fully saturated rings. The second kappa shape index (κ2) is 14.9. The number of rotatable bonds is 19. The predicted molar refractivity (Wildman–Crippen MR) is 155 cm³/mol. The number of aromatic nitrogens is 4. The van der Waals surface area contributed by atoms with Gasteiger partial charge in [-0.15, -0.1) is 0 Å². The first-order chi connectivity index (χ1) is 19.6. The van der Waals surface area contributed by atoms with E-state index in [1.165, 1.54) is 75.0 Å². The third kappa shape index (κ3) is 7.55. The minimum atomic E-state index is -2.29. The van der Waals surface area contributed by atoms with Crippen molar-refractivity contribution in [2.45, 2.75) is 141 Å². The molecule has 1 unspecified atom stereocenters. The van der Waals surface area contributed by atoms with Gasteiger partial charge in [-0.1, -0.05) is 84.0 Å². The van der Waals surface area contributed by atoms with E-state index >= 15 is 0 Å². The number of nitrogens with zero attached hydrogens (tertiary/aromatic N) is 4. The molecule has 0 spiro atoms. The molecule has 0 bridgehead atoms. The van der Waals surface area contributed by atoms with Crippen molar-refractivity contribution >= 4 is 34.3 Å². The summed E-state index contributed by atoms with van der Waals surface area (Å²) in [5.41, 5.74) is 2.15. The Labute approximate surface area is 242 Å². The van der Waals surface area contributed by atoms with Crippen LogP contribution in [0, 0.1) is 0 Å². The van der Waals surface area contributed by atoms with Crippen molar-refractivity contribution in [1.82, 2.24) is 19.5 Å². The summed E-state index contributed by atoms with van der Waals surface area (Å²) in [4.78, 5) is 51.0. The summed E-state index contributed by atoms with van der Waals surface area (Å²) in [7, 11) is 0. The zero-order valence-corrected chi connectivity index (χ0v) is 24.8. The van der Waals surface area contributed by atoms with E-state index in [1.54, 1.807) is 0 Å². The van der Waals surface area contributed by atoms with Crippen LogP contribution < -0.4 is 5.73 Å². The maximum absolute atomic E-state index is 13.9. The number of carbonyl (C=O) groups excluding carboxylic acids is 3. The van der Waals surface area contributed by atoms with Gasteiger partial charge in [-0.2, -0.15) is 0 Å². The smallest absolute Gasteiger partial charge is 0.210 e. The summed E-state index contributed by atoms with van der Waals surface area (Å²) in [6.45, 7) is 4.50. The van der Waals surface area contributed by atoms with Crippen LogP contribution in [0.4, 0.5) is 5.82 Å². The first-order valence-electron chi connectivity index (χ1n) is 15.2. The third-order valence-electron chi connectivity index (χ3n) is 8.31. The zero-order valence-electron chi connectivity index (χ0n) is 24.8. The van der Waals surface area contributed by atoms with Crippen molar-refractivity contribution in [3.63, 3.8) is 0 Å². The molecule has 11 nitrogen and oxygen atoms in total. The number of hydrogen-bond donors (Lipinski definition) is 3. The molecule has 0 aliphatic carbocycles. The normalized spacial score (nSPS) is 23.2. The number of ketones is 3. The topological polar surface area (TPSA) is 171 Å². The van der Waals surface area contributed by atoms with Gasteiger partial charge < -0.3 is 20.7 Å². The molecule has 1 aliphatic heterocycles. The summed E-state index contributed by atoms with van der Waals surface area (Å²) in [5.74, 6) is -1.74. The van der Waals surface area contributed by atoms with E-state index in [9.17, 15) is 24.6 Å². The number of Topliss-reactive ketones (excluding diaryl/α,β-unsaturated/α-hetero) is 3. The summed E-state index contributed by atoms with van der Waals surface area (Å²) < 4.78 is 7.44. The second-order valence-electron chi connectivity index (χ2n) is 11.5. The lowest BCUT2D eigenvalue weighted by Crippen LogP contribution is -2.52. The summed E-state index contributed by atoms with van der Waals surface area (Å²) in [6, 6.07) is 0. The number of anilines is 1. The lowest BCUT2D eigenvalue weighted by Gasteiger charge is -2.30. The number of carbonyl (C=O) groups is 3. The van der Waals surface area contributed by atoms with E-state index in [-0.39, 0.29) is 23.4 Å². The largest absolute Gasteiger partial charge is 0.382 e. The number of nitrogens with two attached hydrogens (primary N) is 1. The Balaban J connectivity index is 1.67. The molecule has 0 saturated carbocycles. The molecule has 1 saturated heterocycles. The Morgan fingerprint density at radius 2 is 1.54 bits per heavy atom. The third-order valence-corrected chi connectivity index (χ3v) is 8.31. The Morgan fingerprint density at radius 1 is 0.976 bits per heavy atom. The van der Waals surface area contributed by atoms with Gasteiger partial charge in [0.25, 0.3) is 0 Å². The molecule has 0 amide bonds. The van der Waals surface area contributed by atoms with Crippen LogP contribution in [0.15, 0.2) is 12.7 Å². The van der Waals surface area contributed by atoms with Crippen LogP contribution >= 0.6 is 0 Å². The fourth-order valence-corrected chi connectivity index (χ4v) is 5.74. The summed E-state index contributed by atoms with van der Waals surface area (Å²) >= 11 is 0. The number of nitrogen functional groups attached to an aromatic ring is 1. The van der Waals surface area contributed by atoms with Gasteiger partial charge in [0, 0.05) is 12.8 Å². The minimum Gasteiger partial charge on any atom is -0.382 e. The van der Waals surface area contributed by atoms with Crippen LogP contribution in [0.2, 0.25) is 0 Å². The Hall–Kier alpha value is -2.76. The molecule has 41 heavy (non-hydrogen) atoms. The molecule has 3 heterocycles. The van der Waals surface area contributed by atoms with Gasteiger partial charge in [0.15, 0.2) is 34.4 Å². The number of ether oxygens (including phenoxy) is 1. The number of fused-ring (bicyclic) bond motifs is 1. The number of aliphatic hydroxyl groups excluding tert-OH is 1. The average molecular weight is 574 g/mol. The molecular weight excluding hydrogens is 526 g/mol. The van der Waals surface area contributed by atoms with Gasteiger partial charge in [-0.3, -0.25) is 19.0 Å². The maximum Gasteiger partial charge on any atom is 0.210 e. The zero-order chi connectivity index (χ0) is 30.0. The monoisotopic (exact) mass is 573 g/mol. The van der Waals surface area contributed by atoms with E-state index in [1.807, 2.05) is 0 Å². The molecule has 228 valence electrons. The van der Waals surface area contributed by atoms with Gasteiger partial charge >= 0.3 is 0 Å². The highest BCUT2D eigenvalue weighted by molar-refractivity contribution is 5.94. The number of hydrogen-bond acceptors (Lipinski definition) is 10. The van der Waals surface area contributed by atoms with E-state index in [2.05, 4.69) is 21.9 Å². The maximum atomic E-state index is 13.9.